The Morgan fingerprint density at radius 1 is 1.09 bits per heavy atom. The van der Waals surface area contributed by atoms with Crippen LogP contribution in [0, 0.1) is 5.92 Å². The molecule has 2 saturated heterocycles. The van der Waals surface area contributed by atoms with Crippen molar-refractivity contribution in [2.45, 2.75) is 52.2 Å². The van der Waals surface area contributed by atoms with Gasteiger partial charge < -0.3 is 20.3 Å². The van der Waals surface area contributed by atoms with Crippen LogP contribution in [0.3, 0.4) is 0 Å². The fourth-order valence-electron chi connectivity index (χ4n) is 4.64. The predicted molar refractivity (Wildman–Crippen MR) is 145 cm³/mol. The Balaban J connectivity index is 0.00000385. The molecule has 3 unspecified atom stereocenters. The Labute approximate surface area is 216 Å². The molecule has 0 aliphatic carbocycles. The number of ether oxygens (including phenoxy) is 1. The van der Waals surface area contributed by atoms with Crippen LogP contribution >= 0.6 is 24.0 Å². The molecule has 2 N–H and O–H groups in total. The number of carbonyl (C=O) groups excluding carboxylic acids is 1. The first-order chi connectivity index (χ1) is 15.5. The Bertz CT molecular complexity index is 723. The average molecular weight is 572 g/mol. The van der Waals surface area contributed by atoms with Crippen LogP contribution in [0.25, 0.3) is 0 Å². The van der Waals surface area contributed by atoms with Crippen molar-refractivity contribution in [2.24, 2.45) is 10.9 Å². The number of nitrogens with one attached hydrogen (secondary N) is 2. The van der Waals surface area contributed by atoms with Crippen molar-refractivity contribution in [2.75, 3.05) is 52.4 Å². The second-order valence-corrected chi connectivity index (χ2v) is 9.16. The van der Waals surface area contributed by atoms with Crippen molar-refractivity contribution in [3.05, 3.63) is 35.9 Å². The smallest absolute Gasteiger partial charge is 0.223 e. The van der Waals surface area contributed by atoms with Gasteiger partial charge in [-0.25, -0.2) is 0 Å². The number of carbonyl (C=O) groups is 1. The maximum Gasteiger partial charge on any atom is 0.223 e. The van der Waals surface area contributed by atoms with Gasteiger partial charge in [0.2, 0.25) is 5.91 Å². The van der Waals surface area contributed by atoms with Crippen LogP contribution in [0.1, 0.15) is 39.2 Å². The molecule has 7 nitrogen and oxygen atoms in total. The minimum atomic E-state index is 0. The van der Waals surface area contributed by atoms with Gasteiger partial charge in [0, 0.05) is 64.7 Å². The summed E-state index contributed by atoms with van der Waals surface area (Å²) in [5.41, 5.74) is 1.28. The fraction of sp³-hybridized carbons (Fsp3) is 0.680. The molecule has 3 rings (SSSR count). The Hall–Kier alpha value is -1.39. The monoisotopic (exact) mass is 571 g/mol. The van der Waals surface area contributed by atoms with E-state index in [1.807, 2.05) is 11.0 Å². The molecule has 2 aliphatic heterocycles. The van der Waals surface area contributed by atoms with Gasteiger partial charge in [-0.15, -0.1) is 24.0 Å². The van der Waals surface area contributed by atoms with Crippen LogP contribution in [0.5, 0.6) is 0 Å². The van der Waals surface area contributed by atoms with Gasteiger partial charge in [-0.05, 0) is 39.2 Å². The fourth-order valence-corrected chi connectivity index (χ4v) is 4.64. The highest BCUT2D eigenvalue weighted by atomic mass is 127. The summed E-state index contributed by atoms with van der Waals surface area (Å²) in [4.78, 5) is 21.7. The third-order valence-corrected chi connectivity index (χ3v) is 6.10. The van der Waals surface area contributed by atoms with Crippen molar-refractivity contribution in [1.82, 2.24) is 20.4 Å². The first-order valence-corrected chi connectivity index (χ1v) is 12.2. The van der Waals surface area contributed by atoms with Crippen molar-refractivity contribution in [3.8, 4) is 0 Å². The maximum atomic E-state index is 12.4. The van der Waals surface area contributed by atoms with Gasteiger partial charge in [-0.3, -0.25) is 14.7 Å². The number of amides is 1. The van der Waals surface area contributed by atoms with Gasteiger partial charge in [-0.2, -0.15) is 0 Å². The molecule has 1 aromatic rings. The zero-order valence-electron chi connectivity index (χ0n) is 20.5. The molecule has 1 amide bonds. The molecule has 2 fully saturated rings. The molecule has 186 valence electrons. The van der Waals surface area contributed by atoms with Gasteiger partial charge >= 0.3 is 0 Å². The quantitative estimate of drug-likeness (QED) is 0.196. The summed E-state index contributed by atoms with van der Waals surface area (Å²) in [5, 5.41) is 6.79. The lowest BCUT2D eigenvalue weighted by molar-refractivity contribution is -0.127. The van der Waals surface area contributed by atoms with E-state index in [2.05, 4.69) is 60.6 Å². The number of likely N-dealkylation sites (tertiary alicyclic amines) is 1. The summed E-state index contributed by atoms with van der Waals surface area (Å²) >= 11 is 0. The number of morpholine rings is 1. The highest BCUT2D eigenvalue weighted by Crippen LogP contribution is 2.18. The summed E-state index contributed by atoms with van der Waals surface area (Å²) in [6.45, 7) is 13.5. The number of rotatable bonds is 10. The minimum Gasteiger partial charge on any atom is -0.373 e. The molecule has 0 radical (unpaired) electrons. The van der Waals surface area contributed by atoms with Crippen LogP contribution in [0.15, 0.2) is 35.3 Å². The zero-order valence-corrected chi connectivity index (χ0v) is 22.8. The first kappa shape index (κ1) is 27.9. The number of hydrogen-bond acceptors (Lipinski definition) is 4. The maximum absolute atomic E-state index is 12.4. The van der Waals surface area contributed by atoms with Crippen LogP contribution in [-0.4, -0.2) is 86.2 Å². The van der Waals surface area contributed by atoms with Crippen molar-refractivity contribution >= 4 is 35.8 Å². The van der Waals surface area contributed by atoms with E-state index in [0.29, 0.717) is 31.1 Å². The predicted octanol–water partition coefficient (Wildman–Crippen LogP) is 2.75. The molecule has 0 spiro atoms. The molecule has 2 heterocycles. The SMILES string of the molecule is CCNC(=NCC1CC(=O)N(CCc2ccccc2)C1)NCCCN1CC(C)OC(C)C1.I. The third-order valence-electron chi connectivity index (χ3n) is 6.10. The normalized spacial score (nSPS) is 24.0. The van der Waals surface area contributed by atoms with E-state index in [4.69, 9.17) is 9.73 Å². The molecular formula is C25H42IN5O2. The van der Waals surface area contributed by atoms with E-state index in [-0.39, 0.29) is 29.9 Å². The first-order valence-electron chi connectivity index (χ1n) is 12.2. The topological polar surface area (TPSA) is 69.2 Å². The summed E-state index contributed by atoms with van der Waals surface area (Å²) in [5.74, 6) is 1.41. The molecular weight excluding hydrogens is 529 g/mol. The average Bonchev–Trinajstić information content (AvgIpc) is 3.13. The lowest BCUT2D eigenvalue weighted by atomic mass is 10.1. The summed E-state index contributed by atoms with van der Waals surface area (Å²) < 4.78 is 5.81. The van der Waals surface area contributed by atoms with Gasteiger partial charge in [0.05, 0.1) is 12.2 Å². The Kier molecular flexibility index (Phi) is 12.5. The highest BCUT2D eigenvalue weighted by Gasteiger charge is 2.29. The number of guanidine groups is 1. The van der Waals surface area contributed by atoms with E-state index >= 15 is 0 Å². The van der Waals surface area contributed by atoms with Crippen molar-refractivity contribution in [3.63, 3.8) is 0 Å². The molecule has 2 aliphatic rings. The minimum absolute atomic E-state index is 0. The molecule has 8 heteroatoms. The number of hydrogen-bond donors (Lipinski definition) is 2. The molecule has 1 aromatic carbocycles. The standard InChI is InChI=1S/C25H41N5O2.HI/c1-4-26-25(27-12-8-13-29-17-20(2)32-21(3)18-29)28-16-23-15-24(31)30(19-23)14-11-22-9-6-5-7-10-22;/h5-7,9-10,20-21,23H,4,8,11-19H2,1-3H3,(H2,26,27,28);1H. The van der Waals surface area contributed by atoms with Crippen molar-refractivity contribution < 1.29 is 9.53 Å². The number of benzene rings is 1. The van der Waals surface area contributed by atoms with Crippen molar-refractivity contribution in [1.29, 1.82) is 0 Å². The lowest BCUT2D eigenvalue weighted by Crippen LogP contribution is -2.46. The Morgan fingerprint density at radius 3 is 2.52 bits per heavy atom. The molecule has 33 heavy (non-hydrogen) atoms. The molecule has 0 aromatic heterocycles. The number of aliphatic imine (C=N–C) groups is 1. The largest absolute Gasteiger partial charge is 0.373 e. The summed E-state index contributed by atoms with van der Waals surface area (Å²) in [7, 11) is 0. The molecule has 3 atom stereocenters. The zero-order chi connectivity index (χ0) is 22.8. The third kappa shape index (κ3) is 9.78. The van der Waals surface area contributed by atoms with Crippen LogP contribution in [-0.2, 0) is 16.0 Å². The number of nitrogens with zero attached hydrogens (tertiary/aromatic N) is 3. The Morgan fingerprint density at radius 2 is 1.82 bits per heavy atom. The van der Waals surface area contributed by atoms with Crippen LogP contribution in [0.2, 0.25) is 0 Å². The summed E-state index contributed by atoms with van der Waals surface area (Å²) in [6, 6.07) is 10.4. The second kappa shape index (κ2) is 14.8. The van der Waals surface area contributed by atoms with Gasteiger partial charge in [0.25, 0.3) is 0 Å². The lowest BCUT2D eigenvalue weighted by Gasteiger charge is -2.35. The van der Waals surface area contributed by atoms with E-state index in [1.54, 1.807) is 0 Å². The molecule has 0 saturated carbocycles. The van der Waals surface area contributed by atoms with Crippen LogP contribution < -0.4 is 10.6 Å². The van der Waals surface area contributed by atoms with Gasteiger partial charge in [0.15, 0.2) is 5.96 Å². The van der Waals surface area contributed by atoms with Gasteiger partial charge in [0.1, 0.15) is 0 Å². The van der Waals surface area contributed by atoms with E-state index < -0.39 is 0 Å². The highest BCUT2D eigenvalue weighted by molar-refractivity contribution is 14.0. The van der Waals surface area contributed by atoms with E-state index in [1.165, 1.54) is 5.56 Å². The van der Waals surface area contributed by atoms with E-state index in [0.717, 1.165) is 64.6 Å². The second-order valence-electron chi connectivity index (χ2n) is 9.16. The number of halogens is 1. The van der Waals surface area contributed by atoms with Crippen LogP contribution in [0.4, 0.5) is 0 Å². The van der Waals surface area contributed by atoms with E-state index in [9.17, 15) is 4.79 Å². The molecule has 0 bridgehead atoms. The summed E-state index contributed by atoms with van der Waals surface area (Å²) in [6.07, 6.45) is 3.20. The van der Waals surface area contributed by atoms with Gasteiger partial charge in [-0.1, -0.05) is 30.3 Å².